The molecule has 2 atom stereocenters. The molecule has 0 N–H and O–H groups in total. The van der Waals surface area contributed by atoms with Crippen molar-refractivity contribution in [3.63, 3.8) is 0 Å². The van der Waals surface area contributed by atoms with Crippen LogP contribution in [0.15, 0.2) is 59.1 Å². The van der Waals surface area contributed by atoms with E-state index >= 15 is 0 Å². The fourth-order valence-corrected chi connectivity index (χ4v) is 3.62. The van der Waals surface area contributed by atoms with Crippen molar-refractivity contribution in [2.24, 2.45) is 0 Å². The summed E-state index contributed by atoms with van der Waals surface area (Å²) in [6.07, 6.45) is 1.78. The first kappa shape index (κ1) is 18.3. The summed E-state index contributed by atoms with van der Waals surface area (Å²) in [4.78, 5) is 19.1. The van der Waals surface area contributed by atoms with Gasteiger partial charge in [-0.2, -0.15) is 4.98 Å². The van der Waals surface area contributed by atoms with Crippen LogP contribution in [0.25, 0.3) is 0 Å². The highest BCUT2D eigenvalue weighted by Crippen LogP contribution is 2.28. The van der Waals surface area contributed by atoms with E-state index in [2.05, 4.69) is 10.1 Å². The topological polar surface area (TPSA) is 59.2 Å². The van der Waals surface area contributed by atoms with Gasteiger partial charge in [-0.1, -0.05) is 35.5 Å². The molecule has 1 aliphatic heterocycles. The molecule has 1 aromatic heterocycles. The highest BCUT2D eigenvalue weighted by Gasteiger charge is 2.29. The Kier molecular flexibility index (Phi) is 5.19. The van der Waals surface area contributed by atoms with E-state index < -0.39 is 0 Å². The smallest absolute Gasteiger partial charge is 0.253 e. The summed E-state index contributed by atoms with van der Waals surface area (Å²) >= 11 is 0. The van der Waals surface area contributed by atoms with Crippen molar-refractivity contribution in [3.8, 4) is 0 Å². The molecule has 0 saturated carbocycles. The molecular formula is C22H22FN3O2. The van der Waals surface area contributed by atoms with Gasteiger partial charge in [0.05, 0.1) is 5.92 Å². The second-order valence-corrected chi connectivity index (χ2v) is 7.22. The Morgan fingerprint density at radius 2 is 1.93 bits per heavy atom. The molecule has 0 radical (unpaired) electrons. The van der Waals surface area contributed by atoms with Crippen molar-refractivity contribution in [2.75, 3.05) is 13.1 Å². The van der Waals surface area contributed by atoms with Crippen molar-refractivity contribution in [2.45, 2.75) is 31.6 Å². The van der Waals surface area contributed by atoms with Gasteiger partial charge in [0.25, 0.3) is 5.91 Å². The molecule has 1 amide bonds. The van der Waals surface area contributed by atoms with Gasteiger partial charge in [-0.05, 0) is 49.6 Å². The summed E-state index contributed by atoms with van der Waals surface area (Å²) in [6, 6.07) is 15.7. The minimum atomic E-state index is -0.347. The molecule has 0 bridgehead atoms. The number of rotatable bonds is 4. The van der Waals surface area contributed by atoms with Crippen LogP contribution in [-0.2, 0) is 0 Å². The van der Waals surface area contributed by atoms with Crippen LogP contribution >= 0.6 is 0 Å². The van der Waals surface area contributed by atoms with Crippen LogP contribution in [0.3, 0.4) is 0 Å². The molecule has 28 heavy (non-hydrogen) atoms. The maximum Gasteiger partial charge on any atom is 0.253 e. The van der Waals surface area contributed by atoms with E-state index in [0.29, 0.717) is 30.4 Å². The molecule has 0 aliphatic carbocycles. The van der Waals surface area contributed by atoms with Gasteiger partial charge in [-0.3, -0.25) is 4.79 Å². The first-order valence-electron chi connectivity index (χ1n) is 9.55. The zero-order chi connectivity index (χ0) is 19.5. The first-order chi connectivity index (χ1) is 13.6. The molecule has 144 valence electrons. The van der Waals surface area contributed by atoms with Crippen LogP contribution < -0.4 is 0 Å². The molecule has 2 heterocycles. The van der Waals surface area contributed by atoms with Crippen molar-refractivity contribution in [1.29, 1.82) is 0 Å². The molecule has 1 saturated heterocycles. The molecule has 4 rings (SSSR count). The zero-order valence-corrected chi connectivity index (χ0v) is 15.7. The van der Waals surface area contributed by atoms with Crippen LogP contribution in [0.4, 0.5) is 4.39 Å². The summed E-state index contributed by atoms with van der Waals surface area (Å²) in [7, 11) is 0. The Balaban J connectivity index is 1.47. The van der Waals surface area contributed by atoms with E-state index in [1.54, 1.807) is 4.90 Å². The van der Waals surface area contributed by atoms with Gasteiger partial charge >= 0.3 is 0 Å². The van der Waals surface area contributed by atoms with Gasteiger partial charge in [0.2, 0.25) is 5.89 Å². The lowest BCUT2D eigenvalue weighted by atomic mass is 9.96. The van der Waals surface area contributed by atoms with Crippen LogP contribution in [0.1, 0.15) is 59.2 Å². The Morgan fingerprint density at radius 1 is 1.18 bits per heavy atom. The van der Waals surface area contributed by atoms with E-state index in [4.69, 9.17) is 4.52 Å². The number of carbonyl (C=O) groups excluding carboxylic acids is 1. The maximum atomic E-state index is 13.1. The number of piperidine rings is 1. The molecule has 1 unspecified atom stereocenters. The van der Waals surface area contributed by atoms with Crippen molar-refractivity contribution in [3.05, 3.63) is 83.3 Å². The molecule has 3 aromatic rings. The first-order valence-corrected chi connectivity index (χ1v) is 9.55. The van der Waals surface area contributed by atoms with Gasteiger partial charge in [0.1, 0.15) is 5.82 Å². The minimum absolute atomic E-state index is 0.0167. The van der Waals surface area contributed by atoms with Gasteiger partial charge in [-0.25, -0.2) is 4.39 Å². The van der Waals surface area contributed by atoms with Gasteiger partial charge < -0.3 is 9.42 Å². The Hall–Kier alpha value is -3.02. The van der Waals surface area contributed by atoms with Crippen molar-refractivity contribution < 1.29 is 13.7 Å². The van der Waals surface area contributed by atoms with Crippen molar-refractivity contribution >= 4 is 5.91 Å². The number of hydrogen-bond donors (Lipinski definition) is 0. The van der Waals surface area contributed by atoms with Gasteiger partial charge in [0.15, 0.2) is 5.82 Å². The number of likely N-dealkylation sites (tertiary alicyclic amines) is 1. The van der Waals surface area contributed by atoms with E-state index in [9.17, 15) is 9.18 Å². The molecule has 6 heteroatoms. The van der Waals surface area contributed by atoms with Crippen LogP contribution in [0.5, 0.6) is 0 Å². The molecule has 1 aliphatic rings. The van der Waals surface area contributed by atoms with Crippen molar-refractivity contribution in [1.82, 2.24) is 15.0 Å². The van der Waals surface area contributed by atoms with Crippen LogP contribution in [0.2, 0.25) is 0 Å². The average Bonchev–Trinajstić information content (AvgIpc) is 3.24. The monoisotopic (exact) mass is 379 g/mol. The zero-order valence-electron chi connectivity index (χ0n) is 15.7. The molecule has 0 spiro atoms. The molecule has 5 nitrogen and oxygen atoms in total. The summed E-state index contributed by atoms with van der Waals surface area (Å²) in [5.74, 6) is 0.852. The maximum absolute atomic E-state index is 13.1. The summed E-state index contributed by atoms with van der Waals surface area (Å²) < 4.78 is 18.6. The largest absolute Gasteiger partial charge is 0.339 e. The van der Waals surface area contributed by atoms with Crippen LogP contribution in [0, 0.1) is 5.82 Å². The second-order valence-electron chi connectivity index (χ2n) is 7.22. The minimum Gasteiger partial charge on any atom is -0.339 e. The third-order valence-corrected chi connectivity index (χ3v) is 5.29. The standard InChI is InChI=1S/C22H22FN3O2/c1-15(16-6-3-2-4-7-16)21-24-20(25-28-21)18-8-5-13-26(14-18)22(27)17-9-11-19(23)12-10-17/h2-4,6-7,9-12,15,18H,5,8,13-14H2,1H3/t15-,18?/m0/s1. The number of nitrogens with zero attached hydrogens (tertiary/aromatic N) is 3. The average molecular weight is 379 g/mol. The lowest BCUT2D eigenvalue weighted by Crippen LogP contribution is -2.39. The number of halogens is 1. The number of amides is 1. The highest BCUT2D eigenvalue weighted by atomic mass is 19.1. The second kappa shape index (κ2) is 7.92. The predicted octanol–water partition coefficient (Wildman–Crippen LogP) is 4.38. The fraction of sp³-hybridized carbons (Fsp3) is 0.318. The van der Waals surface area contributed by atoms with E-state index in [-0.39, 0.29) is 23.6 Å². The third-order valence-electron chi connectivity index (χ3n) is 5.29. The van der Waals surface area contributed by atoms with Gasteiger partial charge in [0, 0.05) is 24.6 Å². The Bertz CT molecular complexity index is 940. The predicted molar refractivity (Wildman–Crippen MR) is 103 cm³/mol. The molecule has 1 fully saturated rings. The number of hydrogen-bond acceptors (Lipinski definition) is 4. The Labute approximate surface area is 163 Å². The van der Waals surface area contributed by atoms with Gasteiger partial charge in [-0.15, -0.1) is 0 Å². The summed E-state index contributed by atoms with van der Waals surface area (Å²) in [6.45, 7) is 3.25. The third kappa shape index (κ3) is 3.81. The summed E-state index contributed by atoms with van der Waals surface area (Å²) in [5.41, 5.74) is 1.61. The highest BCUT2D eigenvalue weighted by molar-refractivity contribution is 5.94. The fourth-order valence-electron chi connectivity index (χ4n) is 3.62. The van der Waals surface area contributed by atoms with E-state index in [1.165, 1.54) is 24.3 Å². The lowest BCUT2D eigenvalue weighted by Gasteiger charge is -2.31. The summed E-state index contributed by atoms with van der Waals surface area (Å²) in [5, 5.41) is 4.19. The molecular weight excluding hydrogens is 357 g/mol. The van der Waals surface area contributed by atoms with E-state index in [1.807, 2.05) is 37.3 Å². The number of benzene rings is 2. The number of aromatic nitrogens is 2. The lowest BCUT2D eigenvalue weighted by molar-refractivity contribution is 0.0703. The number of carbonyl (C=O) groups is 1. The quantitative estimate of drug-likeness (QED) is 0.675. The SMILES string of the molecule is C[C@@H](c1ccccc1)c1nc(C2CCCN(C(=O)c3ccc(F)cc3)C2)no1. The van der Waals surface area contributed by atoms with Crippen LogP contribution in [-0.4, -0.2) is 34.0 Å². The normalized spacial score (nSPS) is 18.1. The Morgan fingerprint density at radius 3 is 2.68 bits per heavy atom. The van der Waals surface area contributed by atoms with E-state index in [0.717, 1.165) is 18.4 Å². The molecule has 2 aromatic carbocycles.